The molecule has 0 unspecified atom stereocenters. The van der Waals surface area contributed by atoms with Crippen LogP contribution in [0.25, 0.3) is 0 Å². The number of para-hydroxylation sites is 1. The number of anilines is 3. The summed E-state index contributed by atoms with van der Waals surface area (Å²) in [6.45, 7) is 5.83. The molecule has 1 atom stereocenters. The number of benzene rings is 3. The maximum atomic E-state index is 13.7. The molecule has 1 aromatic heterocycles. The van der Waals surface area contributed by atoms with Gasteiger partial charge in [-0.3, -0.25) is 9.59 Å². The van der Waals surface area contributed by atoms with Crippen molar-refractivity contribution in [3.63, 3.8) is 0 Å². The minimum atomic E-state index is -0.534. The third-order valence-electron chi connectivity index (χ3n) is 6.36. The maximum absolute atomic E-state index is 13.7. The number of fused-ring (bicyclic) bond motifs is 1. The zero-order chi connectivity index (χ0) is 26.1. The van der Waals surface area contributed by atoms with Gasteiger partial charge in [0.25, 0.3) is 11.8 Å². The van der Waals surface area contributed by atoms with Crippen molar-refractivity contribution in [1.82, 2.24) is 9.78 Å². The molecule has 186 valence electrons. The van der Waals surface area contributed by atoms with E-state index in [9.17, 15) is 9.59 Å². The molecule has 0 fully saturated rings. The number of nitrogens with zero attached hydrogens (tertiary/aromatic N) is 2. The Balaban J connectivity index is 1.55. The largest absolute Gasteiger partial charge is 0.343 e. The van der Waals surface area contributed by atoms with Gasteiger partial charge in [0.15, 0.2) is 0 Å². The summed E-state index contributed by atoms with van der Waals surface area (Å²) < 4.78 is 2.63. The average Bonchev–Trinajstić information content (AvgIpc) is 3.29. The molecule has 1 aliphatic heterocycles. The Hall–Kier alpha value is -4.17. The lowest BCUT2D eigenvalue weighted by atomic mass is 9.94. The number of carbonyl (C=O) groups is 2. The first kappa shape index (κ1) is 24.5. The van der Waals surface area contributed by atoms with Crippen LogP contribution in [0.2, 0.25) is 0 Å². The lowest BCUT2D eigenvalue weighted by Crippen LogP contribution is -2.32. The van der Waals surface area contributed by atoms with Gasteiger partial charge in [0, 0.05) is 21.5 Å². The van der Waals surface area contributed by atoms with Gasteiger partial charge in [0.1, 0.15) is 17.4 Å². The van der Waals surface area contributed by atoms with Crippen LogP contribution in [0.4, 0.5) is 17.2 Å². The van der Waals surface area contributed by atoms with E-state index >= 15 is 0 Å². The minimum Gasteiger partial charge on any atom is -0.343 e. The van der Waals surface area contributed by atoms with Gasteiger partial charge in [-0.1, -0.05) is 64.0 Å². The van der Waals surface area contributed by atoms with Gasteiger partial charge in [-0.25, -0.2) is 4.68 Å². The highest BCUT2D eigenvalue weighted by molar-refractivity contribution is 9.10. The molecule has 0 bridgehead atoms. The fourth-order valence-electron chi connectivity index (χ4n) is 4.53. The lowest BCUT2D eigenvalue weighted by molar-refractivity contribution is -0.113. The smallest absolute Gasteiger partial charge is 0.261 e. The van der Waals surface area contributed by atoms with Crippen LogP contribution < -0.4 is 16.0 Å². The van der Waals surface area contributed by atoms with Crippen molar-refractivity contribution in [3.05, 3.63) is 117 Å². The van der Waals surface area contributed by atoms with Crippen LogP contribution in [-0.4, -0.2) is 21.6 Å². The van der Waals surface area contributed by atoms with Crippen LogP contribution in [0.15, 0.2) is 94.7 Å². The summed E-state index contributed by atoms with van der Waals surface area (Å²) in [4.78, 5) is 26.9. The van der Waals surface area contributed by atoms with E-state index in [1.54, 1.807) is 4.68 Å². The van der Waals surface area contributed by atoms with Crippen molar-refractivity contribution in [2.24, 2.45) is 0 Å². The zero-order valence-electron chi connectivity index (χ0n) is 20.7. The molecule has 2 heterocycles. The van der Waals surface area contributed by atoms with E-state index in [-0.39, 0.29) is 11.8 Å². The van der Waals surface area contributed by atoms with E-state index in [1.165, 1.54) is 6.20 Å². The fourth-order valence-corrected chi connectivity index (χ4v) is 4.80. The Morgan fingerprint density at radius 2 is 1.65 bits per heavy atom. The Kier molecular flexibility index (Phi) is 6.67. The zero-order valence-corrected chi connectivity index (χ0v) is 22.3. The van der Waals surface area contributed by atoms with Crippen molar-refractivity contribution in [3.8, 4) is 0 Å². The van der Waals surface area contributed by atoms with Crippen LogP contribution in [0.3, 0.4) is 0 Å². The number of carbonyl (C=O) groups excluding carboxylic acids is 2. The molecule has 0 saturated heterocycles. The highest BCUT2D eigenvalue weighted by Gasteiger charge is 2.35. The molecule has 1 aliphatic rings. The topological polar surface area (TPSA) is 88.0 Å². The first-order valence-electron chi connectivity index (χ1n) is 11.9. The van der Waals surface area contributed by atoms with Gasteiger partial charge in [0.2, 0.25) is 0 Å². The van der Waals surface area contributed by atoms with Crippen molar-refractivity contribution >= 4 is 44.9 Å². The van der Waals surface area contributed by atoms with Crippen molar-refractivity contribution in [2.75, 3.05) is 16.0 Å². The van der Waals surface area contributed by atoms with Gasteiger partial charge in [0.05, 0.1) is 11.8 Å². The number of rotatable bonds is 5. The first-order valence-corrected chi connectivity index (χ1v) is 12.7. The van der Waals surface area contributed by atoms with Crippen molar-refractivity contribution in [2.45, 2.75) is 26.8 Å². The summed E-state index contributed by atoms with van der Waals surface area (Å²) in [6.07, 6.45) is 1.53. The summed E-state index contributed by atoms with van der Waals surface area (Å²) >= 11 is 3.49. The molecular formula is C29H26BrN5O2. The SMILES string of the molecule is CC1=C(C(=O)Nc2ccc(C)cc2C)[C@@H](c2ccc(Br)cc2)n2ncc(C(=O)Nc3ccccc3)c2N1. The number of aryl methyl sites for hydroxylation is 2. The molecule has 3 aromatic carbocycles. The van der Waals surface area contributed by atoms with E-state index in [0.29, 0.717) is 28.3 Å². The van der Waals surface area contributed by atoms with Gasteiger partial charge >= 0.3 is 0 Å². The minimum absolute atomic E-state index is 0.235. The molecule has 8 heteroatoms. The van der Waals surface area contributed by atoms with Crippen LogP contribution in [0, 0.1) is 13.8 Å². The van der Waals surface area contributed by atoms with Gasteiger partial charge in [-0.15, -0.1) is 0 Å². The molecule has 3 N–H and O–H groups in total. The number of hydrogen-bond acceptors (Lipinski definition) is 4. The predicted molar refractivity (Wildman–Crippen MR) is 150 cm³/mol. The molecule has 7 nitrogen and oxygen atoms in total. The molecule has 0 saturated carbocycles. The van der Waals surface area contributed by atoms with Gasteiger partial charge in [-0.2, -0.15) is 5.10 Å². The molecule has 0 spiro atoms. The molecule has 4 aromatic rings. The Morgan fingerprint density at radius 1 is 0.919 bits per heavy atom. The normalized spacial score (nSPS) is 14.5. The number of allylic oxidation sites excluding steroid dienone is 1. The number of amides is 2. The summed E-state index contributed by atoms with van der Waals surface area (Å²) in [7, 11) is 0. The van der Waals surface area contributed by atoms with E-state index in [1.807, 2.05) is 93.6 Å². The van der Waals surface area contributed by atoms with Crippen LogP contribution >= 0.6 is 15.9 Å². The van der Waals surface area contributed by atoms with E-state index in [0.717, 1.165) is 26.9 Å². The first-order chi connectivity index (χ1) is 17.8. The molecule has 5 rings (SSSR count). The third-order valence-corrected chi connectivity index (χ3v) is 6.89. The summed E-state index contributed by atoms with van der Waals surface area (Å²) in [6, 6.07) is 22.4. The van der Waals surface area contributed by atoms with Gasteiger partial charge < -0.3 is 16.0 Å². The monoisotopic (exact) mass is 555 g/mol. The second-order valence-corrected chi connectivity index (χ2v) is 9.98. The van der Waals surface area contributed by atoms with Crippen molar-refractivity contribution < 1.29 is 9.59 Å². The second-order valence-electron chi connectivity index (χ2n) is 9.06. The third kappa shape index (κ3) is 4.93. The quantitative estimate of drug-likeness (QED) is 0.264. The summed E-state index contributed by atoms with van der Waals surface area (Å²) in [5, 5.41) is 13.8. The predicted octanol–water partition coefficient (Wildman–Crippen LogP) is 6.44. The average molecular weight is 556 g/mol. The lowest BCUT2D eigenvalue weighted by Gasteiger charge is -2.30. The standard InChI is InChI=1S/C29H26BrN5O2/c1-17-9-14-24(18(2)15-17)34-29(37)25-19(3)32-27-23(28(36)33-22-7-5-4-6-8-22)16-31-35(27)26(25)20-10-12-21(30)13-11-20/h4-16,26,32H,1-3H3,(H,33,36)(H,34,37)/t26-/m1/s1. The fraction of sp³-hybridized carbons (Fsp3) is 0.138. The Labute approximate surface area is 223 Å². The van der Waals surface area contributed by atoms with E-state index in [4.69, 9.17) is 0 Å². The van der Waals surface area contributed by atoms with E-state index < -0.39 is 6.04 Å². The molecule has 37 heavy (non-hydrogen) atoms. The number of aromatic nitrogens is 2. The number of nitrogens with one attached hydrogen (secondary N) is 3. The summed E-state index contributed by atoms with van der Waals surface area (Å²) in [5.41, 5.74) is 5.97. The van der Waals surface area contributed by atoms with E-state index in [2.05, 4.69) is 37.0 Å². The Bertz CT molecular complexity index is 1520. The number of hydrogen-bond donors (Lipinski definition) is 3. The van der Waals surface area contributed by atoms with Gasteiger partial charge in [-0.05, 0) is 62.2 Å². The van der Waals surface area contributed by atoms with Crippen LogP contribution in [0.1, 0.15) is 40.0 Å². The Morgan fingerprint density at radius 3 is 2.35 bits per heavy atom. The number of halogens is 1. The summed E-state index contributed by atoms with van der Waals surface area (Å²) in [5.74, 6) is 0.00807. The highest BCUT2D eigenvalue weighted by atomic mass is 79.9. The molecule has 0 radical (unpaired) electrons. The van der Waals surface area contributed by atoms with Crippen LogP contribution in [0.5, 0.6) is 0 Å². The molecule has 0 aliphatic carbocycles. The highest BCUT2D eigenvalue weighted by Crippen LogP contribution is 2.38. The maximum Gasteiger partial charge on any atom is 0.261 e. The van der Waals surface area contributed by atoms with Crippen molar-refractivity contribution in [1.29, 1.82) is 0 Å². The molecule has 2 amide bonds. The van der Waals surface area contributed by atoms with Crippen LogP contribution in [-0.2, 0) is 4.79 Å². The second kappa shape index (κ2) is 10.1. The molecular weight excluding hydrogens is 530 g/mol.